The van der Waals surface area contributed by atoms with Gasteiger partial charge >= 0.3 is 5.97 Å². The number of benzene rings is 1. The molecule has 2 heterocycles. The van der Waals surface area contributed by atoms with Crippen molar-refractivity contribution in [3.8, 4) is 11.3 Å². The van der Waals surface area contributed by atoms with Crippen LogP contribution in [0.5, 0.6) is 0 Å². The van der Waals surface area contributed by atoms with Gasteiger partial charge in [-0.05, 0) is 53.9 Å². The number of aromatic nitrogens is 3. The number of carbonyl (C=O) groups is 1. The van der Waals surface area contributed by atoms with E-state index in [0.29, 0.717) is 27.3 Å². The Kier molecular flexibility index (Phi) is 4.03. The normalized spacial score (nSPS) is 14.0. The van der Waals surface area contributed by atoms with E-state index in [0.717, 1.165) is 18.5 Å². The summed E-state index contributed by atoms with van der Waals surface area (Å²) in [4.78, 5) is 16.4. The van der Waals surface area contributed by atoms with Gasteiger partial charge in [0.05, 0.1) is 16.8 Å². The van der Waals surface area contributed by atoms with Crippen LogP contribution in [0, 0.1) is 5.82 Å². The standard InChI is InChI=1S/C18H15BrFN3O2/c1-2-25-18(24)14-8-15(10-6-7-10)23-16(21-14)9-13(22-23)11-4-3-5-12(19)17(11)20/h3-5,8-10H,2,6-7H2,1H3. The number of rotatable bonds is 4. The molecule has 3 aromatic rings. The Balaban J connectivity index is 1.88. The first kappa shape index (κ1) is 16.2. The number of nitrogens with zero attached hydrogens (tertiary/aromatic N) is 3. The first-order valence-corrected chi connectivity index (χ1v) is 8.90. The van der Waals surface area contributed by atoms with Crippen molar-refractivity contribution in [1.82, 2.24) is 14.6 Å². The average Bonchev–Trinajstić information content (AvgIpc) is 3.35. The number of esters is 1. The first-order valence-electron chi connectivity index (χ1n) is 8.10. The Morgan fingerprint density at radius 2 is 2.20 bits per heavy atom. The molecule has 128 valence electrons. The molecule has 0 amide bonds. The quantitative estimate of drug-likeness (QED) is 0.607. The molecule has 0 aliphatic heterocycles. The summed E-state index contributed by atoms with van der Waals surface area (Å²) in [5.41, 5.74) is 2.56. The lowest BCUT2D eigenvalue weighted by Gasteiger charge is -2.06. The Morgan fingerprint density at radius 1 is 1.40 bits per heavy atom. The lowest BCUT2D eigenvalue weighted by molar-refractivity contribution is 0.0519. The topological polar surface area (TPSA) is 56.5 Å². The zero-order valence-corrected chi connectivity index (χ0v) is 15.1. The molecular formula is C18H15BrFN3O2. The third-order valence-corrected chi connectivity index (χ3v) is 4.77. The van der Waals surface area contributed by atoms with Crippen LogP contribution in [0.15, 0.2) is 34.8 Å². The molecule has 4 rings (SSSR count). The second kappa shape index (κ2) is 6.22. The molecule has 0 N–H and O–H groups in total. The number of ether oxygens (including phenoxy) is 1. The van der Waals surface area contributed by atoms with Crippen LogP contribution in [0.2, 0.25) is 0 Å². The van der Waals surface area contributed by atoms with E-state index in [1.54, 1.807) is 41.8 Å². The predicted molar refractivity (Wildman–Crippen MR) is 94.0 cm³/mol. The highest BCUT2D eigenvalue weighted by Gasteiger charge is 2.29. The fourth-order valence-corrected chi connectivity index (χ4v) is 3.18. The highest BCUT2D eigenvalue weighted by Crippen LogP contribution is 2.40. The third-order valence-electron chi connectivity index (χ3n) is 4.16. The molecule has 7 heteroatoms. The minimum atomic E-state index is -0.455. The lowest BCUT2D eigenvalue weighted by Crippen LogP contribution is -2.10. The van der Waals surface area contributed by atoms with Crippen LogP contribution in [0.3, 0.4) is 0 Å². The Hall–Kier alpha value is -2.28. The molecule has 1 aliphatic rings. The van der Waals surface area contributed by atoms with E-state index in [2.05, 4.69) is 26.0 Å². The fourth-order valence-electron chi connectivity index (χ4n) is 2.81. The van der Waals surface area contributed by atoms with Crippen LogP contribution in [0.1, 0.15) is 41.9 Å². The molecule has 1 fully saturated rings. The van der Waals surface area contributed by atoms with Crippen LogP contribution < -0.4 is 0 Å². The summed E-state index contributed by atoms with van der Waals surface area (Å²) in [6.07, 6.45) is 2.09. The second-order valence-corrected chi connectivity index (χ2v) is 6.82. The summed E-state index contributed by atoms with van der Waals surface area (Å²) in [6.45, 7) is 2.05. The minimum Gasteiger partial charge on any atom is -0.461 e. The maximum absolute atomic E-state index is 14.4. The van der Waals surface area contributed by atoms with E-state index in [1.165, 1.54) is 0 Å². The van der Waals surface area contributed by atoms with Gasteiger partial charge in [-0.25, -0.2) is 18.7 Å². The number of fused-ring (bicyclic) bond motifs is 1. The molecule has 0 atom stereocenters. The lowest BCUT2D eigenvalue weighted by atomic mass is 10.1. The summed E-state index contributed by atoms with van der Waals surface area (Å²) in [5, 5.41) is 4.53. The monoisotopic (exact) mass is 403 g/mol. The molecule has 1 aromatic carbocycles. The number of carbonyl (C=O) groups excluding carboxylic acids is 1. The Labute approximate surface area is 152 Å². The highest BCUT2D eigenvalue weighted by molar-refractivity contribution is 9.10. The minimum absolute atomic E-state index is 0.261. The van der Waals surface area contributed by atoms with Crippen molar-refractivity contribution in [3.05, 3.63) is 52.0 Å². The van der Waals surface area contributed by atoms with Gasteiger partial charge in [0.15, 0.2) is 11.3 Å². The van der Waals surface area contributed by atoms with E-state index in [-0.39, 0.29) is 18.1 Å². The van der Waals surface area contributed by atoms with E-state index in [1.807, 2.05) is 0 Å². The SMILES string of the molecule is CCOC(=O)c1cc(C2CC2)n2nc(-c3cccc(Br)c3F)cc2n1. The van der Waals surface area contributed by atoms with Crippen molar-refractivity contribution in [3.63, 3.8) is 0 Å². The average molecular weight is 404 g/mol. The van der Waals surface area contributed by atoms with Crippen LogP contribution >= 0.6 is 15.9 Å². The van der Waals surface area contributed by atoms with Gasteiger partial charge in [0.2, 0.25) is 0 Å². The fraction of sp³-hybridized carbons (Fsp3) is 0.278. The van der Waals surface area contributed by atoms with Gasteiger partial charge in [0.1, 0.15) is 5.82 Å². The summed E-state index contributed by atoms with van der Waals surface area (Å²) >= 11 is 3.20. The van der Waals surface area contributed by atoms with Crippen LogP contribution in [-0.2, 0) is 4.74 Å². The molecule has 0 radical (unpaired) electrons. The molecule has 1 saturated carbocycles. The highest BCUT2D eigenvalue weighted by atomic mass is 79.9. The third kappa shape index (κ3) is 2.93. The summed E-state index contributed by atoms with van der Waals surface area (Å²) in [6, 6.07) is 8.49. The molecule has 0 saturated heterocycles. The van der Waals surface area contributed by atoms with Gasteiger partial charge in [-0.2, -0.15) is 5.10 Å². The maximum Gasteiger partial charge on any atom is 0.357 e. The summed E-state index contributed by atoms with van der Waals surface area (Å²) in [7, 11) is 0. The van der Waals surface area contributed by atoms with Crippen molar-refractivity contribution >= 4 is 27.5 Å². The molecule has 1 aliphatic carbocycles. The van der Waals surface area contributed by atoms with Gasteiger partial charge in [0.25, 0.3) is 0 Å². The van der Waals surface area contributed by atoms with Crippen LogP contribution in [0.4, 0.5) is 4.39 Å². The molecule has 5 nitrogen and oxygen atoms in total. The summed E-state index contributed by atoms with van der Waals surface area (Å²) in [5.74, 6) is -0.480. The van der Waals surface area contributed by atoms with Gasteiger partial charge < -0.3 is 4.74 Å². The van der Waals surface area contributed by atoms with E-state index < -0.39 is 5.97 Å². The zero-order valence-electron chi connectivity index (χ0n) is 13.5. The van der Waals surface area contributed by atoms with Crippen molar-refractivity contribution < 1.29 is 13.9 Å². The van der Waals surface area contributed by atoms with Crippen molar-refractivity contribution in [1.29, 1.82) is 0 Å². The maximum atomic E-state index is 14.4. The number of hydrogen-bond acceptors (Lipinski definition) is 4. The second-order valence-electron chi connectivity index (χ2n) is 5.96. The Bertz CT molecular complexity index is 982. The molecule has 0 spiro atoms. The van der Waals surface area contributed by atoms with E-state index >= 15 is 0 Å². The zero-order chi connectivity index (χ0) is 17.6. The molecule has 0 bridgehead atoms. The van der Waals surface area contributed by atoms with Crippen LogP contribution in [0.25, 0.3) is 16.9 Å². The largest absolute Gasteiger partial charge is 0.461 e. The van der Waals surface area contributed by atoms with Crippen molar-refractivity contribution in [2.75, 3.05) is 6.61 Å². The van der Waals surface area contributed by atoms with Gasteiger partial charge in [-0.15, -0.1) is 0 Å². The predicted octanol–water partition coefficient (Wildman–Crippen LogP) is 4.35. The number of halogens is 2. The van der Waals surface area contributed by atoms with Crippen molar-refractivity contribution in [2.24, 2.45) is 0 Å². The van der Waals surface area contributed by atoms with Gasteiger partial charge in [-0.3, -0.25) is 0 Å². The smallest absolute Gasteiger partial charge is 0.357 e. The van der Waals surface area contributed by atoms with E-state index in [9.17, 15) is 9.18 Å². The summed E-state index contributed by atoms with van der Waals surface area (Å²) < 4.78 is 21.5. The van der Waals surface area contributed by atoms with Gasteiger partial charge in [-0.1, -0.05) is 6.07 Å². The van der Waals surface area contributed by atoms with Gasteiger partial charge in [0, 0.05) is 23.2 Å². The van der Waals surface area contributed by atoms with Crippen molar-refractivity contribution in [2.45, 2.75) is 25.7 Å². The molecule has 25 heavy (non-hydrogen) atoms. The van der Waals surface area contributed by atoms with Crippen LogP contribution in [-0.4, -0.2) is 27.2 Å². The van der Waals surface area contributed by atoms with E-state index in [4.69, 9.17) is 4.74 Å². The molecular weight excluding hydrogens is 389 g/mol. The molecule has 0 unspecified atom stereocenters. The first-order chi connectivity index (χ1) is 12.1. The Morgan fingerprint density at radius 3 is 2.92 bits per heavy atom. The number of hydrogen-bond donors (Lipinski definition) is 0. The molecule has 2 aromatic heterocycles.